The Kier molecular flexibility index (Phi) is 9.42. The van der Waals surface area contributed by atoms with Gasteiger partial charge in [-0.15, -0.1) is 0 Å². The van der Waals surface area contributed by atoms with Crippen molar-refractivity contribution >= 4 is 29.6 Å². The molecule has 196 valence electrons. The minimum absolute atomic E-state index is 0.0965. The molecule has 0 aliphatic carbocycles. The summed E-state index contributed by atoms with van der Waals surface area (Å²) in [4.78, 5) is 39.0. The monoisotopic (exact) mass is 515 g/mol. The number of hydrogen-bond acceptors (Lipinski definition) is 7. The van der Waals surface area contributed by atoms with Crippen LogP contribution in [-0.4, -0.2) is 41.9 Å². The van der Waals surface area contributed by atoms with Gasteiger partial charge in [0.05, 0.1) is 20.3 Å². The number of phenolic OH excluding ortho intramolecular Hbond substituents is 2. The van der Waals surface area contributed by atoms with Gasteiger partial charge in [0.1, 0.15) is 5.92 Å². The standard InChI is InChI=1S/C30H29NO7/c1-19(32)31-30(22-7-5-4-6-8-22)29(23(33)13-9-20-11-15-27(37-2)25(35)17-20)24(34)14-10-21-12-16-28(38-3)26(36)18-21/h4-18,29-30,35-36H,1-3H3,(H,31,32). The minimum atomic E-state index is -1.28. The second-order valence-corrected chi connectivity index (χ2v) is 8.40. The highest BCUT2D eigenvalue weighted by Gasteiger charge is 2.34. The molecule has 1 unspecified atom stereocenters. The number of methoxy groups -OCH3 is 2. The molecule has 0 fully saturated rings. The zero-order chi connectivity index (χ0) is 27.7. The third kappa shape index (κ3) is 7.10. The molecule has 0 aliphatic rings. The van der Waals surface area contributed by atoms with Gasteiger partial charge in [0.2, 0.25) is 5.91 Å². The summed E-state index contributed by atoms with van der Waals surface area (Å²) in [5.41, 5.74) is 1.62. The van der Waals surface area contributed by atoms with Gasteiger partial charge in [-0.05, 0) is 53.1 Å². The number of nitrogens with one attached hydrogen (secondary N) is 1. The second-order valence-electron chi connectivity index (χ2n) is 8.40. The largest absolute Gasteiger partial charge is 0.504 e. The number of aromatic hydroxyl groups is 2. The maximum absolute atomic E-state index is 13.5. The molecule has 0 bridgehead atoms. The lowest BCUT2D eigenvalue weighted by molar-refractivity contribution is -0.129. The molecule has 38 heavy (non-hydrogen) atoms. The number of carbonyl (C=O) groups excluding carboxylic acids is 3. The van der Waals surface area contributed by atoms with Gasteiger partial charge < -0.3 is 25.0 Å². The molecule has 8 heteroatoms. The fraction of sp³-hybridized carbons (Fsp3) is 0.167. The topological polar surface area (TPSA) is 122 Å². The first kappa shape index (κ1) is 27.7. The molecule has 3 aromatic rings. The maximum atomic E-state index is 13.5. The van der Waals surface area contributed by atoms with Crippen molar-refractivity contribution in [2.24, 2.45) is 5.92 Å². The molecule has 3 rings (SSSR count). The summed E-state index contributed by atoms with van der Waals surface area (Å²) >= 11 is 0. The van der Waals surface area contributed by atoms with Crippen LogP contribution in [0, 0.1) is 5.92 Å². The normalized spacial score (nSPS) is 12.7. The minimum Gasteiger partial charge on any atom is -0.504 e. The average molecular weight is 516 g/mol. The number of carbonyl (C=O) groups is 3. The first-order valence-electron chi connectivity index (χ1n) is 11.7. The molecule has 3 aromatic carbocycles. The predicted molar refractivity (Wildman–Crippen MR) is 144 cm³/mol. The van der Waals surface area contributed by atoms with Crippen molar-refractivity contribution in [2.45, 2.75) is 13.0 Å². The number of ketones is 2. The van der Waals surface area contributed by atoms with E-state index in [9.17, 15) is 24.6 Å². The predicted octanol–water partition coefficient (Wildman–Crippen LogP) is 4.47. The van der Waals surface area contributed by atoms with Crippen LogP contribution >= 0.6 is 0 Å². The van der Waals surface area contributed by atoms with E-state index in [1.807, 2.05) is 0 Å². The lowest BCUT2D eigenvalue weighted by Crippen LogP contribution is -2.39. The smallest absolute Gasteiger partial charge is 0.217 e. The Hall–Kier alpha value is -4.85. The number of allylic oxidation sites excluding steroid dienone is 2. The van der Waals surface area contributed by atoms with Crippen molar-refractivity contribution in [1.29, 1.82) is 0 Å². The quantitative estimate of drug-likeness (QED) is 0.254. The van der Waals surface area contributed by atoms with Crippen molar-refractivity contribution < 1.29 is 34.1 Å². The van der Waals surface area contributed by atoms with Gasteiger partial charge in [0.25, 0.3) is 0 Å². The van der Waals surface area contributed by atoms with E-state index < -0.39 is 29.4 Å². The molecule has 0 spiro atoms. The van der Waals surface area contributed by atoms with E-state index in [1.165, 1.54) is 57.6 Å². The number of amides is 1. The van der Waals surface area contributed by atoms with Crippen LogP contribution in [0.1, 0.15) is 29.7 Å². The highest BCUT2D eigenvalue weighted by Crippen LogP contribution is 2.29. The number of ether oxygens (including phenoxy) is 2. The Labute approximate surface area is 220 Å². The molecule has 0 saturated heterocycles. The number of phenols is 2. The summed E-state index contributed by atoms with van der Waals surface area (Å²) in [7, 11) is 2.85. The van der Waals surface area contributed by atoms with Crippen molar-refractivity contribution in [2.75, 3.05) is 14.2 Å². The Morgan fingerprint density at radius 2 is 1.24 bits per heavy atom. The van der Waals surface area contributed by atoms with Gasteiger partial charge in [0, 0.05) is 6.92 Å². The van der Waals surface area contributed by atoms with Crippen molar-refractivity contribution in [3.63, 3.8) is 0 Å². The molecule has 1 atom stereocenters. The van der Waals surface area contributed by atoms with Crippen LogP contribution in [0.5, 0.6) is 23.0 Å². The van der Waals surface area contributed by atoms with Crippen LogP contribution < -0.4 is 14.8 Å². The fourth-order valence-corrected chi connectivity index (χ4v) is 3.89. The molecule has 0 heterocycles. The van der Waals surface area contributed by atoms with Crippen LogP contribution in [0.15, 0.2) is 78.9 Å². The lowest BCUT2D eigenvalue weighted by Gasteiger charge is -2.25. The van der Waals surface area contributed by atoms with E-state index in [4.69, 9.17) is 9.47 Å². The van der Waals surface area contributed by atoms with Crippen LogP contribution in [0.4, 0.5) is 0 Å². The number of benzene rings is 3. The van der Waals surface area contributed by atoms with Crippen LogP contribution in [-0.2, 0) is 14.4 Å². The summed E-state index contributed by atoms with van der Waals surface area (Å²) in [5.74, 6) is -2.41. The van der Waals surface area contributed by atoms with Crippen LogP contribution in [0.2, 0.25) is 0 Å². The Morgan fingerprint density at radius 3 is 1.63 bits per heavy atom. The van der Waals surface area contributed by atoms with E-state index in [0.717, 1.165) is 0 Å². The second kappa shape index (κ2) is 12.9. The van der Waals surface area contributed by atoms with Crippen LogP contribution in [0.25, 0.3) is 12.2 Å². The van der Waals surface area contributed by atoms with Crippen molar-refractivity contribution in [3.8, 4) is 23.0 Å². The summed E-state index contributed by atoms with van der Waals surface area (Å²) in [5, 5.41) is 22.8. The Morgan fingerprint density at radius 1 is 0.763 bits per heavy atom. The SMILES string of the molecule is COc1ccc(C=CC(=O)C(C(=O)C=Cc2ccc(OC)c(O)c2)C(NC(C)=O)c2ccccc2)cc1O. The van der Waals surface area contributed by atoms with E-state index in [2.05, 4.69) is 5.32 Å². The molecular formula is C30H29NO7. The van der Waals surface area contributed by atoms with Crippen LogP contribution in [0.3, 0.4) is 0 Å². The maximum Gasteiger partial charge on any atom is 0.217 e. The molecular weight excluding hydrogens is 486 g/mol. The molecule has 0 radical (unpaired) electrons. The Bertz CT molecular complexity index is 1290. The number of rotatable bonds is 11. The highest BCUT2D eigenvalue weighted by molar-refractivity contribution is 6.14. The molecule has 3 N–H and O–H groups in total. The molecule has 8 nitrogen and oxygen atoms in total. The van der Waals surface area contributed by atoms with Crippen molar-refractivity contribution in [1.82, 2.24) is 5.32 Å². The zero-order valence-corrected chi connectivity index (χ0v) is 21.3. The first-order valence-corrected chi connectivity index (χ1v) is 11.7. The Balaban J connectivity index is 1.98. The van der Waals surface area contributed by atoms with E-state index >= 15 is 0 Å². The summed E-state index contributed by atoms with van der Waals surface area (Å²) in [6.07, 6.45) is 5.44. The summed E-state index contributed by atoms with van der Waals surface area (Å²) < 4.78 is 10.1. The molecule has 0 aliphatic heterocycles. The summed E-state index contributed by atoms with van der Waals surface area (Å²) in [6.45, 7) is 1.31. The van der Waals surface area contributed by atoms with E-state index in [-0.39, 0.29) is 23.0 Å². The van der Waals surface area contributed by atoms with Gasteiger partial charge in [-0.3, -0.25) is 14.4 Å². The molecule has 0 aromatic heterocycles. The first-order chi connectivity index (χ1) is 18.2. The molecule has 1 amide bonds. The third-order valence-corrected chi connectivity index (χ3v) is 5.75. The van der Waals surface area contributed by atoms with E-state index in [1.54, 1.807) is 54.6 Å². The van der Waals surface area contributed by atoms with Gasteiger partial charge in [0.15, 0.2) is 34.6 Å². The van der Waals surface area contributed by atoms with E-state index in [0.29, 0.717) is 16.7 Å². The fourth-order valence-electron chi connectivity index (χ4n) is 3.89. The zero-order valence-electron chi connectivity index (χ0n) is 21.3. The highest BCUT2D eigenvalue weighted by atomic mass is 16.5. The van der Waals surface area contributed by atoms with Crippen molar-refractivity contribution in [3.05, 3.63) is 95.6 Å². The van der Waals surface area contributed by atoms with Gasteiger partial charge >= 0.3 is 0 Å². The van der Waals surface area contributed by atoms with Gasteiger partial charge in [-0.1, -0.05) is 54.6 Å². The third-order valence-electron chi connectivity index (χ3n) is 5.75. The van der Waals surface area contributed by atoms with Gasteiger partial charge in [-0.2, -0.15) is 0 Å². The summed E-state index contributed by atoms with van der Waals surface area (Å²) in [6, 6.07) is 17.1. The average Bonchev–Trinajstić information content (AvgIpc) is 2.90. The molecule has 0 saturated carbocycles. The lowest BCUT2D eigenvalue weighted by atomic mass is 9.85. The van der Waals surface area contributed by atoms with Gasteiger partial charge in [-0.25, -0.2) is 0 Å². The number of hydrogen-bond donors (Lipinski definition) is 3.